The van der Waals surface area contributed by atoms with E-state index in [2.05, 4.69) is 191 Å². The molecule has 0 saturated heterocycles. The van der Waals surface area contributed by atoms with Gasteiger partial charge in [0.25, 0.3) is 0 Å². The summed E-state index contributed by atoms with van der Waals surface area (Å²) >= 11 is 0. The molecular formula is C53H35N3O. The summed E-state index contributed by atoms with van der Waals surface area (Å²) in [6, 6.07) is 75.3. The number of benzene rings is 9. The second-order valence-electron chi connectivity index (χ2n) is 14.4. The van der Waals surface area contributed by atoms with Gasteiger partial charge in [-0.1, -0.05) is 127 Å². The maximum atomic E-state index is 6.33. The Morgan fingerprint density at radius 1 is 0.386 bits per heavy atom. The second kappa shape index (κ2) is 13.6. The van der Waals surface area contributed by atoms with Crippen molar-refractivity contribution in [3.8, 4) is 39.4 Å². The minimum atomic E-state index is 0.637. The third-order valence-electron chi connectivity index (χ3n) is 11.0. The first-order valence-electron chi connectivity index (χ1n) is 19.3. The quantitative estimate of drug-likeness (QED) is 0.164. The van der Waals surface area contributed by atoms with E-state index in [4.69, 9.17) is 9.40 Å². The van der Waals surface area contributed by atoms with Gasteiger partial charge in [-0.05, 0) is 113 Å². The molecule has 0 saturated carbocycles. The van der Waals surface area contributed by atoms with E-state index in [1.54, 1.807) is 0 Å². The molecule has 0 N–H and O–H groups in total. The van der Waals surface area contributed by atoms with E-state index >= 15 is 0 Å². The van der Waals surface area contributed by atoms with E-state index in [1.807, 2.05) is 30.3 Å². The first-order chi connectivity index (χ1) is 28.2. The van der Waals surface area contributed by atoms with Gasteiger partial charge in [-0.25, -0.2) is 4.98 Å². The Morgan fingerprint density at radius 2 is 0.930 bits per heavy atom. The zero-order valence-electron chi connectivity index (χ0n) is 31.0. The first kappa shape index (κ1) is 32.7. The van der Waals surface area contributed by atoms with Gasteiger partial charge >= 0.3 is 0 Å². The Morgan fingerprint density at radius 3 is 1.65 bits per heavy atom. The maximum absolute atomic E-state index is 6.33. The summed E-state index contributed by atoms with van der Waals surface area (Å²) in [4.78, 5) is 7.14. The number of nitrogens with zero attached hydrogens (tertiary/aromatic N) is 3. The normalized spacial score (nSPS) is 11.5. The van der Waals surface area contributed by atoms with Crippen molar-refractivity contribution < 1.29 is 4.42 Å². The van der Waals surface area contributed by atoms with Crippen LogP contribution in [0.3, 0.4) is 0 Å². The lowest BCUT2D eigenvalue weighted by molar-refractivity contribution is 0.623. The molecule has 57 heavy (non-hydrogen) atoms. The van der Waals surface area contributed by atoms with Crippen LogP contribution in [0.1, 0.15) is 0 Å². The van der Waals surface area contributed by atoms with Crippen LogP contribution in [0.2, 0.25) is 0 Å². The molecule has 0 fully saturated rings. The molecule has 11 rings (SSSR count). The lowest BCUT2D eigenvalue weighted by Crippen LogP contribution is -2.10. The highest BCUT2D eigenvalue weighted by Crippen LogP contribution is 2.41. The minimum absolute atomic E-state index is 0.637. The molecule has 0 amide bonds. The highest BCUT2D eigenvalue weighted by Gasteiger charge is 2.18. The van der Waals surface area contributed by atoms with Gasteiger partial charge in [-0.15, -0.1) is 0 Å². The van der Waals surface area contributed by atoms with Crippen LogP contribution in [0.5, 0.6) is 0 Å². The van der Waals surface area contributed by atoms with Gasteiger partial charge in [-0.2, -0.15) is 0 Å². The Kier molecular flexibility index (Phi) is 7.78. The Bertz CT molecular complexity index is 3200. The number of oxazole rings is 1. The molecule has 0 aliphatic carbocycles. The van der Waals surface area contributed by atoms with Crippen LogP contribution < -0.4 is 4.90 Å². The molecule has 0 spiro atoms. The molecule has 0 aliphatic rings. The fraction of sp³-hybridized carbons (Fsp3) is 0. The summed E-state index contributed by atoms with van der Waals surface area (Å²) in [6.07, 6.45) is 0. The Balaban J connectivity index is 1.01. The Labute approximate surface area is 330 Å². The van der Waals surface area contributed by atoms with Gasteiger partial charge in [0.15, 0.2) is 5.58 Å². The van der Waals surface area contributed by atoms with Crippen molar-refractivity contribution >= 4 is 60.7 Å². The lowest BCUT2D eigenvalue weighted by Gasteiger charge is -2.26. The van der Waals surface area contributed by atoms with Gasteiger partial charge in [-0.3, -0.25) is 0 Å². The van der Waals surface area contributed by atoms with Crippen molar-refractivity contribution in [3.05, 3.63) is 212 Å². The predicted molar refractivity (Wildman–Crippen MR) is 237 cm³/mol. The topological polar surface area (TPSA) is 34.2 Å². The molecule has 0 unspecified atom stereocenters. The number of anilines is 3. The third-order valence-corrected chi connectivity index (χ3v) is 11.0. The minimum Gasteiger partial charge on any atom is -0.435 e. The number of hydrogen-bond acceptors (Lipinski definition) is 3. The predicted octanol–water partition coefficient (Wildman–Crippen LogP) is 14.5. The fourth-order valence-electron chi connectivity index (χ4n) is 8.23. The van der Waals surface area contributed by atoms with Crippen LogP contribution in [0.4, 0.5) is 17.1 Å². The lowest BCUT2D eigenvalue weighted by atomic mass is 10.00. The molecule has 0 bridgehead atoms. The van der Waals surface area contributed by atoms with Gasteiger partial charge in [0, 0.05) is 44.5 Å². The highest BCUT2D eigenvalue weighted by molar-refractivity contribution is 6.10. The number of rotatable bonds is 7. The maximum Gasteiger partial charge on any atom is 0.227 e. The number of fused-ring (bicyclic) bond motifs is 6. The largest absolute Gasteiger partial charge is 0.435 e. The summed E-state index contributed by atoms with van der Waals surface area (Å²) in [7, 11) is 0. The molecule has 268 valence electrons. The summed E-state index contributed by atoms with van der Waals surface area (Å²) in [5.41, 5.74) is 14.0. The second-order valence-corrected chi connectivity index (χ2v) is 14.4. The van der Waals surface area contributed by atoms with Gasteiger partial charge in [0.1, 0.15) is 5.52 Å². The van der Waals surface area contributed by atoms with Crippen LogP contribution in [-0.2, 0) is 0 Å². The van der Waals surface area contributed by atoms with Crippen molar-refractivity contribution in [2.45, 2.75) is 0 Å². The Hall–Kier alpha value is -7.69. The van der Waals surface area contributed by atoms with Gasteiger partial charge in [0.2, 0.25) is 5.89 Å². The molecule has 11 aromatic rings. The number of para-hydroxylation sites is 2. The van der Waals surface area contributed by atoms with Crippen molar-refractivity contribution in [1.82, 2.24) is 9.55 Å². The molecule has 4 heteroatoms. The van der Waals surface area contributed by atoms with E-state index in [0.717, 1.165) is 66.8 Å². The summed E-state index contributed by atoms with van der Waals surface area (Å²) in [5, 5.41) is 4.63. The number of hydrogen-bond donors (Lipinski definition) is 0. The van der Waals surface area contributed by atoms with E-state index in [-0.39, 0.29) is 0 Å². The van der Waals surface area contributed by atoms with E-state index in [9.17, 15) is 0 Å². The molecule has 9 aromatic carbocycles. The molecule has 2 heterocycles. The average molecular weight is 730 g/mol. The van der Waals surface area contributed by atoms with Crippen molar-refractivity contribution in [2.24, 2.45) is 0 Å². The van der Waals surface area contributed by atoms with E-state index in [1.165, 1.54) is 27.4 Å². The fourth-order valence-corrected chi connectivity index (χ4v) is 8.23. The van der Waals surface area contributed by atoms with Crippen molar-refractivity contribution in [2.75, 3.05) is 4.90 Å². The molecular weight excluding hydrogens is 695 g/mol. The molecule has 4 nitrogen and oxygen atoms in total. The van der Waals surface area contributed by atoms with E-state index < -0.39 is 0 Å². The summed E-state index contributed by atoms with van der Waals surface area (Å²) < 4.78 is 8.71. The molecule has 2 aromatic heterocycles. The average Bonchev–Trinajstić information content (AvgIpc) is 3.88. The highest BCUT2D eigenvalue weighted by atomic mass is 16.3. The third kappa shape index (κ3) is 5.74. The summed E-state index contributed by atoms with van der Waals surface area (Å²) in [6.45, 7) is 0. The SMILES string of the molecule is c1ccc(-c2ccc(N(c3ccc(-c4ccc5c(ccc6nc(-c7ccccc7)oc65)c4)cc3)c3ccc4c5ccccc5n(-c5ccccc5)c4c3)cc2)cc1. The van der Waals surface area contributed by atoms with E-state index in [0.29, 0.717) is 5.89 Å². The zero-order chi connectivity index (χ0) is 37.7. The van der Waals surface area contributed by atoms with Crippen LogP contribution in [-0.4, -0.2) is 9.55 Å². The monoisotopic (exact) mass is 729 g/mol. The van der Waals surface area contributed by atoms with Crippen molar-refractivity contribution in [3.63, 3.8) is 0 Å². The van der Waals surface area contributed by atoms with Crippen LogP contribution in [0, 0.1) is 0 Å². The zero-order valence-corrected chi connectivity index (χ0v) is 31.0. The molecule has 0 radical (unpaired) electrons. The van der Waals surface area contributed by atoms with Crippen LogP contribution >= 0.6 is 0 Å². The smallest absolute Gasteiger partial charge is 0.227 e. The van der Waals surface area contributed by atoms with Gasteiger partial charge in [0.05, 0.1) is 11.0 Å². The van der Waals surface area contributed by atoms with Crippen molar-refractivity contribution in [1.29, 1.82) is 0 Å². The molecule has 0 aliphatic heterocycles. The molecule has 0 atom stereocenters. The van der Waals surface area contributed by atoms with Crippen LogP contribution in [0.15, 0.2) is 217 Å². The standard InChI is InChI=1S/C53H35N3O/c1-4-12-36(13-5-1)37-20-26-43(27-21-37)55(45-30-32-48-47-18-10-11-19-50(47)56(51(48)35-45)42-16-8-3-9-17-42)44-28-22-38(23-29-44)40-24-31-46-41(34-40)25-33-49-52(46)57-53(54-49)39-14-6-2-7-15-39/h1-35H. The number of aromatic nitrogens is 2. The first-order valence-corrected chi connectivity index (χ1v) is 19.3. The summed E-state index contributed by atoms with van der Waals surface area (Å²) in [5.74, 6) is 0.637. The van der Waals surface area contributed by atoms with Gasteiger partial charge < -0.3 is 13.9 Å². The van der Waals surface area contributed by atoms with Crippen LogP contribution in [0.25, 0.3) is 83.1 Å².